The zero-order chi connectivity index (χ0) is 15.9. The number of hydrogen-bond acceptors (Lipinski definition) is 6. The second kappa shape index (κ2) is 5.40. The molecule has 22 heavy (non-hydrogen) atoms. The molecule has 4 N–H and O–H groups in total. The van der Waals surface area contributed by atoms with Crippen molar-refractivity contribution in [1.82, 2.24) is 19.5 Å². The van der Waals surface area contributed by atoms with Crippen molar-refractivity contribution in [3.8, 4) is 0 Å². The molecule has 0 aliphatic heterocycles. The summed E-state index contributed by atoms with van der Waals surface area (Å²) in [7, 11) is -4.34. The van der Waals surface area contributed by atoms with Crippen LogP contribution in [0.2, 0.25) is 0 Å². The van der Waals surface area contributed by atoms with E-state index in [9.17, 15) is 8.96 Å². The van der Waals surface area contributed by atoms with Gasteiger partial charge in [-0.2, -0.15) is 0 Å². The lowest BCUT2D eigenvalue weighted by molar-refractivity contribution is 0.0816. The molecule has 0 fully saturated rings. The summed E-state index contributed by atoms with van der Waals surface area (Å²) in [5.74, 6) is -0.358. The highest BCUT2D eigenvalue weighted by molar-refractivity contribution is 7.51. The predicted molar refractivity (Wildman–Crippen MR) is 74.4 cm³/mol. The Morgan fingerprint density at radius 1 is 1.45 bits per heavy atom. The summed E-state index contributed by atoms with van der Waals surface area (Å²) in [6, 6.07) is -0.430. The number of allylic oxidation sites excluding steroid dienone is 1. The van der Waals surface area contributed by atoms with Crippen molar-refractivity contribution in [3.05, 3.63) is 24.6 Å². The number of aromatic nitrogens is 4. The molecule has 1 aliphatic carbocycles. The molecule has 118 valence electrons. The Labute approximate surface area is 123 Å². The highest BCUT2D eigenvalue weighted by atomic mass is 31.2. The Kier molecular flexibility index (Phi) is 3.69. The van der Waals surface area contributed by atoms with Gasteiger partial charge in [0, 0.05) is 6.42 Å². The first-order chi connectivity index (χ1) is 10.3. The molecule has 2 heterocycles. The van der Waals surface area contributed by atoms with Gasteiger partial charge in [0.25, 0.3) is 0 Å². The van der Waals surface area contributed by atoms with Crippen molar-refractivity contribution in [2.75, 3.05) is 12.1 Å². The molecule has 2 aromatic heterocycles. The quantitative estimate of drug-likeness (QED) is 0.698. The van der Waals surface area contributed by atoms with E-state index >= 15 is 0 Å². The summed E-state index contributed by atoms with van der Waals surface area (Å²) >= 11 is 0. The molecular weight excluding hydrogens is 316 g/mol. The maximum atomic E-state index is 13.9. The summed E-state index contributed by atoms with van der Waals surface area (Å²) < 4.78 is 31.2. The molecule has 0 aromatic carbocycles. The van der Waals surface area contributed by atoms with Gasteiger partial charge in [0.1, 0.15) is 30.1 Å². The van der Waals surface area contributed by atoms with Crippen LogP contribution in [-0.4, -0.2) is 41.8 Å². The fourth-order valence-corrected chi connectivity index (χ4v) is 2.71. The van der Waals surface area contributed by atoms with Gasteiger partial charge in [-0.3, -0.25) is 4.57 Å². The molecular formula is C11H13FN5O4P. The first-order valence-electron chi connectivity index (χ1n) is 6.31. The van der Waals surface area contributed by atoms with Crippen LogP contribution in [0, 0.1) is 0 Å². The number of nitrogens with zero attached hydrogens (tertiary/aromatic N) is 4. The van der Waals surface area contributed by atoms with Gasteiger partial charge in [0.2, 0.25) is 0 Å². The summed E-state index contributed by atoms with van der Waals surface area (Å²) in [6.07, 6.45) is 2.41. The third-order valence-corrected chi connectivity index (χ3v) is 3.79. The van der Waals surface area contributed by atoms with Gasteiger partial charge in [-0.15, -0.1) is 0 Å². The van der Waals surface area contributed by atoms with E-state index in [1.54, 1.807) is 4.57 Å². The zero-order valence-electron chi connectivity index (χ0n) is 11.2. The lowest BCUT2D eigenvalue weighted by Crippen LogP contribution is -2.14. The van der Waals surface area contributed by atoms with Gasteiger partial charge < -0.3 is 24.8 Å². The van der Waals surface area contributed by atoms with Crippen LogP contribution >= 0.6 is 7.60 Å². The molecule has 3 rings (SSSR count). The van der Waals surface area contributed by atoms with E-state index in [1.807, 2.05) is 0 Å². The Morgan fingerprint density at radius 2 is 2.23 bits per heavy atom. The van der Waals surface area contributed by atoms with Crippen LogP contribution in [0.3, 0.4) is 0 Å². The van der Waals surface area contributed by atoms with E-state index in [-0.39, 0.29) is 12.2 Å². The molecule has 0 radical (unpaired) electrons. The number of fused-ring (bicyclic) bond motifs is 1. The zero-order valence-corrected chi connectivity index (χ0v) is 12.1. The fourth-order valence-electron chi connectivity index (χ4n) is 2.33. The normalized spacial score (nSPS) is 22.2. The lowest BCUT2D eigenvalue weighted by Gasteiger charge is -2.15. The van der Waals surface area contributed by atoms with Gasteiger partial charge in [-0.1, -0.05) is 0 Å². The fraction of sp³-hybridized carbons (Fsp3) is 0.364. The van der Waals surface area contributed by atoms with Gasteiger partial charge in [-0.05, 0) is 6.08 Å². The Hall–Kier alpha value is -1.87. The van der Waals surface area contributed by atoms with Crippen molar-refractivity contribution < 1.29 is 23.5 Å². The maximum Gasteiger partial charge on any atom is 0.351 e. The number of halogens is 1. The van der Waals surface area contributed by atoms with Crippen molar-refractivity contribution in [2.24, 2.45) is 0 Å². The number of ether oxygens (including phenoxy) is 1. The number of imidazole rings is 1. The van der Waals surface area contributed by atoms with Crippen molar-refractivity contribution in [3.63, 3.8) is 0 Å². The molecule has 0 amide bonds. The van der Waals surface area contributed by atoms with Crippen molar-refractivity contribution in [2.45, 2.75) is 18.6 Å². The third-order valence-electron chi connectivity index (χ3n) is 3.30. The molecule has 0 spiro atoms. The summed E-state index contributed by atoms with van der Waals surface area (Å²) in [6.45, 7) is 0. The van der Waals surface area contributed by atoms with Crippen molar-refractivity contribution >= 4 is 24.6 Å². The van der Waals surface area contributed by atoms with Crippen LogP contribution in [0.25, 0.3) is 11.2 Å². The molecule has 9 nitrogen and oxygen atoms in total. The number of rotatable bonds is 4. The minimum absolute atomic E-state index is 0.182. The first-order valence-corrected chi connectivity index (χ1v) is 8.11. The minimum Gasteiger partial charge on any atom is -0.382 e. The first kappa shape index (κ1) is 15.0. The smallest absolute Gasteiger partial charge is 0.351 e. The van der Waals surface area contributed by atoms with E-state index in [0.717, 1.165) is 0 Å². The van der Waals surface area contributed by atoms with E-state index in [0.29, 0.717) is 11.2 Å². The SMILES string of the molecule is Nc1ncnc2c1ncn2[C@@H]1C=C(F)[C@H](OCP(=O)(O)O)C1. The van der Waals surface area contributed by atoms with Gasteiger partial charge in [0.05, 0.1) is 12.4 Å². The van der Waals surface area contributed by atoms with Gasteiger partial charge in [0.15, 0.2) is 11.5 Å². The standard InChI is InChI=1S/C11H13FN5O4P/c12-7-1-6(2-8(7)21-5-22(18,19)20)17-4-16-9-10(13)14-3-15-11(9)17/h1,3-4,6,8H,2,5H2,(H2,13,14,15)(H2,18,19,20)/t6-,8-/m1/s1. The van der Waals surface area contributed by atoms with Crippen LogP contribution in [-0.2, 0) is 9.30 Å². The van der Waals surface area contributed by atoms with Crippen LogP contribution in [0.4, 0.5) is 10.2 Å². The van der Waals surface area contributed by atoms with E-state index in [1.165, 1.54) is 18.7 Å². The lowest BCUT2D eigenvalue weighted by atomic mass is 10.2. The minimum atomic E-state index is -4.34. The number of hydrogen-bond donors (Lipinski definition) is 3. The molecule has 2 atom stereocenters. The monoisotopic (exact) mass is 329 g/mol. The highest BCUT2D eigenvalue weighted by Gasteiger charge is 2.31. The van der Waals surface area contributed by atoms with E-state index < -0.39 is 31.9 Å². The van der Waals surface area contributed by atoms with E-state index in [4.69, 9.17) is 20.3 Å². The summed E-state index contributed by atoms with van der Waals surface area (Å²) in [5, 5.41) is 0. The molecule has 1 aliphatic rings. The average Bonchev–Trinajstić information content (AvgIpc) is 3.00. The number of anilines is 1. The van der Waals surface area contributed by atoms with E-state index in [2.05, 4.69) is 15.0 Å². The predicted octanol–water partition coefficient (Wildman–Crippen LogP) is 0.727. The second-order valence-corrected chi connectivity index (χ2v) is 6.47. The average molecular weight is 329 g/mol. The van der Waals surface area contributed by atoms with Crippen molar-refractivity contribution in [1.29, 1.82) is 0 Å². The highest BCUT2D eigenvalue weighted by Crippen LogP contribution is 2.39. The molecule has 0 saturated heterocycles. The maximum absolute atomic E-state index is 13.9. The Bertz CT molecular complexity index is 788. The number of nitrogen functional groups attached to an aromatic ring is 1. The van der Waals surface area contributed by atoms with Crippen LogP contribution in [0.1, 0.15) is 12.5 Å². The largest absolute Gasteiger partial charge is 0.382 e. The number of nitrogens with two attached hydrogens (primary N) is 1. The van der Waals surface area contributed by atoms with Crippen LogP contribution in [0.5, 0.6) is 0 Å². The van der Waals surface area contributed by atoms with Crippen LogP contribution < -0.4 is 5.73 Å². The van der Waals surface area contributed by atoms with Gasteiger partial charge >= 0.3 is 7.60 Å². The van der Waals surface area contributed by atoms with Crippen LogP contribution in [0.15, 0.2) is 24.6 Å². The molecule has 0 unspecified atom stereocenters. The second-order valence-electron chi connectivity index (χ2n) is 4.89. The van der Waals surface area contributed by atoms with Gasteiger partial charge in [-0.25, -0.2) is 19.3 Å². The Morgan fingerprint density at radius 3 is 2.95 bits per heavy atom. The molecule has 0 bridgehead atoms. The topological polar surface area (TPSA) is 136 Å². The molecule has 11 heteroatoms. The summed E-state index contributed by atoms with van der Waals surface area (Å²) in [5.41, 5.74) is 6.56. The third kappa shape index (κ3) is 2.86. The Balaban J connectivity index is 1.82. The summed E-state index contributed by atoms with van der Waals surface area (Å²) in [4.78, 5) is 29.6. The molecule has 0 saturated carbocycles. The molecule has 2 aromatic rings.